The summed E-state index contributed by atoms with van der Waals surface area (Å²) in [6.07, 6.45) is 2.40. The van der Waals surface area contributed by atoms with Crippen LogP contribution in [0, 0.1) is 24.0 Å². The summed E-state index contributed by atoms with van der Waals surface area (Å²) >= 11 is 0. The second-order valence-corrected chi connectivity index (χ2v) is 6.71. The molecule has 3 aromatic heterocycles. The number of nitro groups is 1. The normalized spacial score (nSPS) is 11.1. The number of para-hydroxylation sites is 1. The van der Waals surface area contributed by atoms with Crippen molar-refractivity contribution in [3.8, 4) is 5.69 Å². The molecular formula is C21H21N5O2. The Bertz CT molecular complexity index is 1140. The summed E-state index contributed by atoms with van der Waals surface area (Å²) in [4.78, 5) is 15.5. The van der Waals surface area contributed by atoms with Gasteiger partial charge in [-0.15, -0.1) is 0 Å². The number of fused-ring (bicyclic) bond motifs is 1. The van der Waals surface area contributed by atoms with Gasteiger partial charge >= 0.3 is 5.82 Å². The number of imidazole rings is 1. The van der Waals surface area contributed by atoms with Crippen molar-refractivity contribution in [2.75, 3.05) is 11.9 Å². The zero-order valence-corrected chi connectivity index (χ0v) is 15.8. The van der Waals surface area contributed by atoms with Crippen LogP contribution in [-0.2, 0) is 6.42 Å². The molecule has 0 saturated heterocycles. The van der Waals surface area contributed by atoms with E-state index >= 15 is 0 Å². The molecule has 0 aliphatic carbocycles. The zero-order valence-electron chi connectivity index (χ0n) is 15.8. The van der Waals surface area contributed by atoms with Crippen LogP contribution in [0.5, 0.6) is 0 Å². The highest BCUT2D eigenvalue weighted by atomic mass is 16.6. The van der Waals surface area contributed by atoms with Crippen molar-refractivity contribution in [2.45, 2.75) is 20.3 Å². The highest BCUT2D eigenvalue weighted by Gasteiger charge is 2.22. The van der Waals surface area contributed by atoms with Crippen molar-refractivity contribution >= 4 is 17.3 Å². The molecule has 1 aromatic carbocycles. The molecule has 28 heavy (non-hydrogen) atoms. The van der Waals surface area contributed by atoms with Gasteiger partial charge in [-0.05, 0) is 55.0 Å². The molecule has 0 aliphatic heterocycles. The number of hydrogen-bond donors (Lipinski definition) is 1. The minimum absolute atomic E-state index is 0.0367. The van der Waals surface area contributed by atoms with Crippen molar-refractivity contribution in [1.82, 2.24) is 14.0 Å². The molecule has 0 spiro atoms. The third-order valence-corrected chi connectivity index (χ3v) is 4.91. The Morgan fingerprint density at radius 1 is 1.11 bits per heavy atom. The van der Waals surface area contributed by atoms with Gasteiger partial charge in [-0.2, -0.15) is 9.38 Å². The first-order chi connectivity index (χ1) is 13.6. The van der Waals surface area contributed by atoms with Crippen LogP contribution in [0.3, 0.4) is 0 Å². The van der Waals surface area contributed by atoms with Gasteiger partial charge in [0, 0.05) is 29.7 Å². The van der Waals surface area contributed by atoms with Crippen LogP contribution in [0.2, 0.25) is 0 Å². The van der Waals surface area contributed by atoms with E-state index in [0.29, 0.717) is 18.0 Å². The topological polar surface area (TPSA) is 77.4 Å². The quantitative estimate of drug-likeness (QED) is 0.402. The van der Waals surface area contributed by atoms with E-state index < -0.39 is 4.92 Å². The first kappa shape index (κ1) is 17.8. The molecule has 4 rings (SSSR count). The van der Waals surface area contributed by atoms with E-state index in [9.17, 15) is 10.1 Å². The first-order valence-electron chi connectivity index (χ1n) is 9.15. The van der Waals surface area contributed by atoms with E-state index in [2.05, 4.69) is 46.9 Å². The zero-order chi connectivity index (χ0) is 19.7. The Labute approximate surface area is 162 Å². The van der Waals surface area contributed by atoms with E-state index in [1.807, 2.05) is 24.3 Å². The van der Waals surface area contributed by atoms with Crippen molar-refractivity contribution < 1.29 is 4.92 Å². The molecule has 0 atom stereocenters. The molecular weight excluding hydrogens is 354 g/mol. The highest BCUT2D eigenvalue weighted by molar-refractivity contribution is 5.62. The van der Waals surface area contributed by atoms with Crippen LogP contribution in [0.1, 0.15) is 17.0 Å². The number of nitrogens with zero attached hydrogens (tertiary/aromatic N) is 4. The van der Waals surface area contributed by atoms with Crippen molar-refractivity contribution in [3.05, 3.63) is 87.9 Å². The van der Waals surface area contributed by atoms with Crippen molar-refractivity contribution in [2.24, 2.45) is 0 Å². The number of rotatable bonds is 6. The maximum absolute atomic E-state index is 11.5. The first-order valence-corrected chi connectivity index (χ1v) is 9.15. The third kappa shape index (κ3) is 3.11. The van der Waals surface area contributed by atoms with Gasteiger partial charge in [0.05, 0.1) is 6.20 Å². The van der Waals surface area contributed by atoms with Crippen molar-refractivity contribution in [1.29, 1.82) is 0 Å². The highest BCUT2D eigenvalue weighted by Crippen LogP contribution is 2.26. The molecule has 142 valence electrons. The molecule has 0 saturated carbocycles. The number of hydrogen-bond acceptors (Lipinski definition) is 4. The third-order valence-electron chi connectivity index (χ3n) is 4.91. The molecule has 0 aliphatic rings. The van der Waals surface area contributed by atoms with Crippen LogP contribution in [-0.4, -0.2) is 25.4 Å². The van der Waals surface area contributed by atoms with E-state index in [4.69, 9.17) is 0 Å². The fourth-order valence-electron chi connectivity index (χ4n) is 3.65. The summed E-state index contributed by atoms with van der Waals surface area (Å²) in [5.41, 5.74) is 5.24. The lowest BCUT2D eigenvalue weighted by molar-refractivity contribution is -0.389. The average Bonchev–Trinajstić information content (AvgIpc) is 3.19. The number of pyridine rings is 1. The minimum atomic E-state index is -0.399. The summed E-state index contributed by atoms with van der Waals surface area (Å²) in [7, 11) is 0. The predicted octanol–water partition coefficient (Wildman–Crippen LogP) is 4.30. The fourth-order valence-corrected chi connectivity index (χ4v) is 3.65. The standard InChI is InChI=1S/C21H21N5O2/c1-15-14-17(16(2)25(15)18-8-4-3-5-9-18)11-12-22-20-21(26(27)28)24-13-7-6-10-19(24)23-20/h3-10,13-14,22H,11-12H2,1-2H3. The predicted molar refractivity (Wildman–Crippen MR) is 109 cm³/mol. The lowest BCUT2D eigenvalue weighted by Crippen LogP contribution is -2.08. The average molecular weight is 375 g/mol. The van der Waals surface area contributed by atoms with Gasteiger partial charge in [0.1, 0.15) is 0 Å². The maximum atomic E-state index is 11.5. The van der Waals surface area contributed by atoms with Crippen LogP contribution < -0.4 is 5.32 Å². The summed E-state index contributed by atoms with van der Waals surface area (Å²) in [6, 6.07) is 17.7. The second kappa shape index (κ2) is 7.19. The Morgan fingerprint density at radius 2 is 1.86 bits per heavy atom. The molecule has 7 nitrogen and oxygen atoms in total. The Hall–Kier alpha value is -3.61. The number of benzene rings is 1. The van der Waals surface area contributed by atoms with Gasteiger partial charge in [0.15, 0.2) is 0 Å². The van der Waals surface area contributed by atoms with Crippen LogP contribution >= 0.6 is 0 Å². The SMILES string of the molecule is Cc1cc(CCNc2nc3ccccn3c2[N+](=O)[O-])c(C)n1-c1ccccc1. The molecule has 0 amide bonds. The lowest BCUT2D eigenvalue weighted by atomic mass is 10.2. The Morgan fingerprint density at radius 3 is 2.61 bits per heavy atom. The number of aromatic nitrogens is 3. The van der Waals surface area contributed by atoms with Crippen molar-refractivity contribution in [3.63, 3.8) is 0 Å². The monoisotopic (exact) mass is 375 g/mol. The van der Waals surface area contributed by atoms with E-state index in [1.165, 1.54) is 15.7 Å². The maximum Gasteiger partial charge on any atom is 0.372 e. The van der Waals surface area contributed by atoms with Gasteiger partial charge < -0.3 is 20.0 Å². The Balaban J connectivity index is 1.55. The summed E-state index contributed by atoms with van der Waals surface area (Å²) in [5, 5.41) is 14.6. The molecule has 0 bridgehead atoms. The molecule has 3 heterocycles. The van der Waals surface area contributed by atoms with E-state index in [0.717, 1.165) is 17.8 Å². The number of aryl methyl sites for hydroxylation is 1. The van der Waals surface area contributed by atoms with Gasteiger partial charge in [-0.25, -0.2) is 0 Å². The number of anilines is 1. The van der Waals surface area contributed by atoms with E-state index in [-0.39, 0.29) is 5.82 Å². The van der Waals surface area contributed by atoms with Gasteiger partial charge in [0.25, 0.3) is 0 Å². The fraction of sp³-hybridized carbons (Fsp3) is 0.190. The molecule has 4 aromatic rings. The molecule has 0 fully saturated rings. The van der Waals surface area contributed by atoms with Crippen LogP contribution in [0.4, 0.5) is 11.6 Å². The minimum Gasteiger partial charge on any atom is -0.363 e. The molecule has 0 unspecified atom stereocenters. The smallest absolute Gasteiger partial charge is 0.363 e. The summed E-state index contributed by atoms with van der Waals surface area (Å²) in [5.74, 6) is 0.262. The second-order valence-electron chi connectivity index (χ2n) is 6.71. The number of nitrogens with one attached hydrogen (secondary N) is 1. The molecule has 7 heteroatoms. The molecule has 0 radical (unpaired) electrons. The van der Waals surface area contributed by atoms with Crippen LogP contribution in [0.15, 0.2) is 60.8 Å². The van der Waals surface area contributed by atoms with Gasteiger partial charge in [-0.3, -0.25) is 0 Å². The van der Waals surface area contributed by atoms with Crippen LogP contribution in [0.25, 0.3) is 11.3 Å². The summed E-state index contributed by atoms with van der Waals surface area (Å²) < 4.78 is 3.71. The lowest BCUT2D eigenvalue weighted by Gasteiger charge is -2.10. The van der Waals surface area contributed by atoms with E-state index in [1.54, 1.807) is 18.3 Å². The Kier molecular flexibility index (Phi) is 4.57. The molecule has 1 N–H and O–H groups in total. The van der Waals surface area contributed by atoms with Gasteiger partial charge in [-0.1, -0.05) is 24.3 Å². The largest absolute Gasteiger partial charge is 0.372 e. The van der Waals surface area contributed by atoms with Gasteiger partial charge in [0.2, 0.25) is 11.5 Å². The summed E-state index contributed by atoms with van der Waals surface area (Å²) in [6.45, 7) is 4.75.